The van der Waals surface area contributed by atoms with Crippen LogP contribution in [-0.4, -0.2) is 15.9 Å². The summed E-state index contributed by atoms with van der Waals surface area (Å²) in [6.45, 7) is 8.24. The number of aryl methyl sites for hydroxylation is 4. The highest BCUT2D eigenvalue weighted by Crippen LogP contribution is 2.23. The molecule has 0 radical (unpaired) electrons. The molecule has 0 spiro atoms. The van der Waals surface area contributed by atoms with Gasteiger partial charge in [-0.2, -0.15) is 0 Å². The highest BCUT2D eigenvalue weighted by molar-refractivity contribution is 7.11. The Kier molecular flexibility index (Phi) is 3.74. The molecule has 0 aliphatic heterocycles. The lowest BCUT2D eigenvalue weighted by Crippen LogP contribution is -2.05. The van der Waals surface area contributed by atoms with Gasteiger partial charge in [-0.25, -0.2) is 9.78 Å². The van der Waals surface area contributed by atoms with Gasteiger partial charge in [0.2, 0.25) is 0 Å². The minimum atomic E-state index is -0.300. The number of hydrogen-bond donors (Lipinski definition) is 1. The lowest BCUT2D eigenvalue weighted by atomic mass is 10.1. The van der Waals surface area contributed by atoms with E-state index in [1.165, 1.54) is 5.56 Å². The number of aromatic nitrogens is 2. The standard InChI is InChI=1S/C17H18N2O2S/c1-9-10(2)19-15-6-5-13(7-14(9)15)17(20)21-8-16-11(3)18-12(4)22-16/h5-7,19H,8H2,1-4H3. The fraction of sp³-hybridized carbons (Fsp3) is 0.294. The second-order valence-electron chi connectivity index (χ2n) is 5.45. The van der Waals surface area contributed by atoms with Crippen molar-refractivity contribution in [1.82, 2.24) is 9.97 Å². The number of ether oxygens (including phenoxy) is 1. The van der Waals surface area contributed by atoms with E-state index >= 15 is 0 Å². The number of nitrogens with zero attached hydrogens (tertiary/aromatic N) is 1. The number of fused-ring (bicyclic) bond motifs is 1. The fourth-order valence-corrected chi connectivity index (χ4v) is 3.36. The quantitative estimate of drug-likeness (QED) is 0.737. The molecule has 5 heteroatoms. The van der Waals surface area contributed by atoms with Crippen LogP contribution in [0.15, 0.2) is 18.2 Å². The molecule has 1 N–H and O–H groups in total. The average molecular weight is 314 g/mol. The third-order valence-corrected chi connectivity index (χ3v) is 4.92. The van der Waals surface area contributed by atoms with E-state index in [1.54, 1.807) is 17.4 Å². The van der Waals surface area contributed by atoms with E-state index in [4.69, 9.17) is 4.74 Å². The highest BCUT2D eigenvalue weighted by Gasteiger charge is 2.13. The highest BCUT2D eigenvalue weighted by atomic mass is 32.1. The van der Waals surface area contributed by atoms with Crippen LogP contribution in [0.25, 0.3) is 10.9 Å². The minimum absolute atomic E-state index is 0.277. The number of esters is 1. The number of benzene rings is 1. The van der Waals surface area contributed by atoms with E-state index in [2.05, 4.69) is 9.97 Å². The second-order valence-corrected chi connectivity index (χ2v) is 6.74. The Morgan fingerprint density at radius 2 is 2.05 bits per heavy atom. The monoisotopic (exact) mass is 314 g/mol. The molecule has 0 amide bonds. The van der Waals surface area contributed by atoms with Crippen molar-refractivity contribution < 1.29 is 9.53 Å². The molecule has 0 saturated heterocycles. The van der Waals surface area contributed by atoms with Gasteiger partial charge in [-0.05, 0) is 51.5 Å². The van der Waals surface area contributed by atoms with Crippen molar-refractivity contribution in [2.45, 2.75) is 34.3 Å². The maximum Gasteiger partial charge on any atom is 0.338 e. The van der Waals surface area contributed by atoms with Crippen LogP contribution in [-0.2, 0) is 11.3 Å². The van der Waals surface area contributed by atoms with Crippen molar-refractivity contribution in [3.63, 3.8) is 0 Å². The molecule has 0 bridgehead atoms. The molecule has 114 valence electrons. The topological polar surface area (TPSA) is 55.0 Å². The first-order valence-corrected chi connectivity index (χ1v) is 7.96. The maximum absolute atomic E-state index is 12.2. The third kappa shape index (κ3) is 2.64. The van der Waals surface area contributed by atoms with Gasteiger partial charge < -0.3 is 9.72 Å². The predicted octanol–water partition coefficient (Wildman–Crippen LogP) is 4.22. The Balaban J connectivity index is 1.80. The van der Waals surface area contributed by atoms with Crippen molar-refractivity contribution in [2.75, 3.05) is 0 Å². The summed E-state index contributed by atoms with van der Waals surface area (Å²) < 4.78 is 5.43. The zero-order valence-electron chi connectivity index (χ0n) is 13.1. The predicted molar refractivity (Wildman–Crippen MR) is 88.5 cm³/mol. The van der Waals surface area contributed by atoms with Gasteiger partial charge >= 0.3 is 5.97 Å². The van der Waals surface area contributed by atoms with Crippen LogP contribution in [0, 0.1) is 27.7 Å². The first kappa shape index (κ1) is 14.8. The molecular weight excluding hydrogens is 296 g/mol. The van der Waals surface area contributed by atoms with Crippen LogP contribution in [0.3, 0.4) is 0 Å². The van der Waals surface area contributed by atoms with Crippen LogP contribution < -0.4 is 0 Å². The molecule has 3 rings (SSSR count). The van der Waals surface area contributed by atoms with Gasteiger partial charge in [0, 0.05) is 16.6 Å². The zero-order chi connectivity index (χ0) is 15.9. The number of carbonyl (C=O) groups excluding carboxylic acids is 1. The number of hydrogen-bond acceptors (Lipinski definition) is 4. The molecule has 0 fully saturated rings. The van der Waals surface area contributed by atoms with Crippen LogP contribution in [0.2, 0.25) is 0 Å². The second kappa shape index (κ2) is 5.57. The van der Waals surface area contributed by atoms with Gasteiger partial charge in [0.1, 0.15) is 6.61 Å². The van der Waals surface area contributed by atoms with E-state index in [-0.39, 0.29) is 12.6 Å². The molecule has 0 aliphatic carbocycles. The first-order valence-electron chi connectivity index (χ1n) is 7.14. The van der Waals surface area contributed by atoms with Gasteiger partial charge in [-0.3, -0.25) is 0 Å². The summed E-state index contributed by atoms with van der Waals surface area (Å²) in [6, 6.07) is 5.61. The van der Waals surface area contributed by atoms with Crippen molar-refractivity contribution in [1.29, 1.82) is 0 Å². The largest absolute Gasteiger partial charge is 0.456 e. The van der Waals surface area contributed by atoms with Gasteiger partial charge in [0.25, 0.3) is 0 Å². The van der Waals surface area contributed by atoms with Crippen LogP contribution >= 0.6 is 11.3 Å². The molecular formula is C17H18N2O2S. The molecule has 0 saturated carbocycles. The average Bonchev–Trinajstić information content (AvgIpc) is 2.95. The summed E-state index contributed by atoms with van der Waals surface area (Å²) in [7, 11) is 0. The lowest BCUT2D eigenvalue weighted by molar-refractivity contribution is 0.0476. The summed E-state index contributed by atoms with van der Waals surface area (Å²) in [5, 5.41) is 2.06. The number of carbonyl (C=O) groups is 1. The van der Waals surface area contributed by atoms with Crippen LogP contribution in [0.5, 0.6) is 0 Å². The van der Waals surface area contributed by atoms with Gasteiger partial charge in [-0.1, -0.05) is 0 Å². The third-order valence-electron chi connectivity index (χ3n) is 3.88. The van der Waals surface area contributed by atoms with Crippen molar-refractivity contribution in [2.24, 2.45) is 0 Å². The molecule has 0 aliphatic rings. The fourth-order valence-electron chi connectivity index (χ4n) is 2.51. The maximum atomic E-state index is 12.2. The Bertz CT molecular complexity index is 861. The Morgan fingerprint density at radius 1 is 1.27 bits per heavy atom. The number of rotatable bonds is 3. The lowest BCUT2D eigenvalue weighted by Gasteiger charge is -2.04. The van der Waals surface area contributed by atoms with Crippen molar-refractivity contribution in [3.05, 3.63) is 50.6 Å². The number of thiazole rings is 1. The summed E-state index contributed by atoms with van der Waals surface area (Å²) in [5.41, 5.74) is 4.84. The zero-order valence-corrected chi connectivity index (χ0v) is 13.9. The molecule has 3 aromatic rings. The van der Waals surface area contributed by atoms with E-state index in [9.17, 15) is 4.79 Å². The molecule has 1 aromatic carbocycles. The van der Waals surface area contributed by atoms with Gasteiger partial charge in [0.05, 0.1) is 21.1 Å². The van der Waals surface area contributed by atoms with E-state index in [0.29, 0.717) is 5.56 Å². The molecule has 22 heavy (non-hydrogen) atoms. The normalized spacial score (nSPS) is 11.1. The molecule has 0 atom stereocenters. The summed E-state index contributed by atoms with van der Waals surface area (Å²) in [5.74, 6) is -0.300. The molecule has 2 heterocycles. The van der Waals surface area contributed by atoms with Crippen molar-refractivity contribution >= 4 is 28.2 Å². The van der Waals surface area contributed by atoms with Gasteiger partial charge in [0.15, 0.2) is 0 Å². The van der Waals surface area contributed by atoms with Crippen molar-refractivity contribution in [3.8, 4) is 0 Å². The smallest absolute Gasteiger partial charge is 0.338 e. The van der Waals surface area contributed by atoms with Crippen LogP contribution in [0.4, 0.5) is 0 Å². The number of nitrogens with one attached hydrogen (secondary N) is 1. The number of H-pyrrole nitrogens is 1. The SMILES string of the molecule is Cc1nc(C)c(COC(=O)c2ccc3[nH]c(C)c(C)c3c2)s1. The van der Waals surface area contributed by atoms with Crippen LogP contribution in [0.1, 0.15) is 37.2 Å². The first-order chi connectivity index (χ1) is 10.5. The summed E-state index contributed by atoms with van der Waals surface area (Å²) in [6.07, 6.45) is 0. The molecule has 2 aromatic heterocycles. The van der Waals surface area contributed by atoms with E-state index < -0.39 is 0 Å². The van der Waals surface area contributed by atoms with E-state index in [0.717, 1.165) is 32.2 Å². The summed E-state index contributed by atoms with van der Waals surface area (Å²) in [4.78, 5) is 20.9. The summed E-state index contributed by atoms with van der Waals surface area (Å²) >= 11 is 1.57. The Morgan fingerprint density at radius 3 is 2.73 bits per heavy atom. The minimum Gasteiger partial charge on any atom is -0.456 e. The molecule has 4 nitrogen and oxygen atoms in total. The Labute approximate surface area is 133 Å². The number of aromatic amines is 1. The van der Waals surface area contributed by atoms with Gasteiger partial charge in [-0.15, -0.1) is 11.3 Å². The molecule has 0 unspecified atom stereocenters. The van der Waals surface area contributed by atoms with E-state index in [1.807, 2.05) is 39.8 Å². The Hall–Kier alpha value is -2.14.